The minimum Gasteiger partial charge on any atom is -0.493 e. The number of likely N-dealkylation sites (N-methyl/N-ethyl adjacent to an activating group) is 1. The van der Waals surface area contributed by atoms with Crippen LogP contribution in [-0.2, 0) is 11.2 Å². The monoisotopic (exact) mass is 455 g/mol. The minimum atomic E-state index is -0.278. The molecule has 2 aliphatic rings. The first kappa shape index (κ1) is 23.5. The van der Waals surface area contributed by atoms with Crippen molar-refractivity contribution in [2.45, 2.75) is 38.3 Å². The number of halogens is 1. The highest BCUT2D eigenvalue weighted by atomic mass is 19.1. The zero-order chi connectivity index (χ0) is 23.5. The van der Waals surface area contributed by atoms with Crippen LogP contribution in [0.25, 0.3) is 0 Å². The van der Waals surface area contributed by atoms with E-state index in [1.807, 2.05) is 37.3 Å². The lowest BCUT2D eigenvalue weighted by atomic mass is 9.98. The molecule has 178 valence electrons. The molecule has 0 bridgehead atoms. The van der Waals surface area contributed by atoms with Crippen LogP contribution in [0.4, 0.5) is 15.8 Å². The number of carbonyl (C=O) groups excluding carboxylic acids is 1. The molecule has 33 heavy (non-hydrogen) atoms. The summed E-state index contributed by atoms with van der Waals surface area (Å²) >= 11 is 0. The number of fused-ring (bicyclic) bond motifs is 1. The lowest BCUT2D eigenvalue weighted by Crippen LogP contribution is -2.37. The van der Waals surface area contributed by atoms with Crippen molar-refractivity contribution in [1.82, 2.24) is 4.90 Å². The van der Waals surface area contributed by atoms with Crippen molar-refractivity contribution in [3.63, 3.8) is 0 Å². The number of hydrogen-bond acceptors (Lipinski definition) is 5. The second-order valence-corrected chi connectivity index (χ2v) is 9.20. The van der Waals surface area contributed by atoms with E-state index in [4.69, 9.17) is 9.47 Å². The Labute approximate surface area is 195 Å². The molecule has 1 fully saturated rings. The normalized spacial score (nSPS) is 19.2. The molecule has 0 saturated carbocycles. The summed E-state index contributed by atoms with van der Waals surface area (Å²) in [5.41, 5.74) is 2.83. The van der Waals surface area contributed by atoms with Crippen LogP contribution in [0, 0.1) is 5.82 Å². The Bertz CT molecular complexity index is 997. The molecule has 0 spiro atoms. The van der Waals surface area contributed by atoms with Crippen LogP contribution in [0.1, 0.15) is 35.7 Å². The fourth-order valence-corrected chi connectivity index (χ4v) is 4.56. The highest BCUT2D eigenvalue weighted by Gasteiger charge is 2.29. The van der Waals surface area contributed by atoms with E-state index in [1.54, 1.807) is 12.0 Å². The summed E-state index contributed by atoms with van der Waals surface area (Å²) in [7, 11) is 5.81. The SMILES string of the molecule is COC(C)CCOc1ccc2c(c1)CCN(c1ccc(N3CCC(N(C)C)C3)c(F)c1)C2=O. The van der Waals surface area contributed by atoms with Gasteiger partial charge in [0, 0.05) is 50.5 Å². The largest absolute Gasteiger partial charge is 0.493 e. The minimum absolute atomic E-state index is 0.100. The van der Waals surface area contributed by atoms with Gasteiger partial charge < -0.3 is 24.2 Å². The third-order valence-corrected chi connectivity index (χ3v) is 6.83. The zero-order valence-corrected chi connectivity index (χ0v) is 20.0. The number of anilines is 2. The number of amides is 1. The number of nitrogens with zero attached hydrogens (tertiary/aromatic N) is 3. The van der Waals surface area contributed by atoms with Gasteiger partial charge in [0.05, 0.1) is 18.4 Å². The van der Waals surface area contributed by atoms with Crippen LogP contribution < -0.4 is 14.5 Å². The number of carbonyl (C=O) groups is 1. The van der Waals surface area contributed by atoms with Gasteiger partial charge in [-0.25, -0.2) is 4.39 Å². The van der Waals surface area contributed by atoms with E-state index in [1.165, 1.54) is 6.07 Å². The smallest absolute Gasteiger partial charge is 0.258 e. The number of hydrogen-bond donors (Lipinski definition) is 0. The molecule has 2 unspecified atom stereocenters. The fourth-order valence-electron chi connectivity index (χ4n) is 4.56. The van der Waals surface area contributed by atoms with Crippen molar-refractivity contribution in [1.29, 1.82) is 0 Å². The first-order valence-corrected chi connectivity index (χ1v) is 11.7. The van der Waals surface area contributed by atoms with Crippen molar-refractivity contribution in [2.24, 2.45) is 0 Å². The number of methoxy groups -OCH3 is 1. The van der Waals surface area contributed by atoms with E-state index in [-0.39, 0.29) is 17.8 Å². The molecule has 2 heterocycles. The Balaban J connectivity index is 1.44. The quantitative estimate of drug-likeness (QED) is 0.603. The highest BCUT2D eigenvalue weighted by Crippen LogP contribution is 2.32. The molecular weight excluding hydrogens is 421 g/mol. The summed E-state index contributed by atoms with van der Waals surface area (Å²) in [4.78, 5) is 19.1. The number of ether oxygens (including phenoxy) is 2. The lowest BCUT2D eigenvalue weighted by Gasteiger charge is -2.30. The topological polar surface area (TPSA) is 45.3 Å². The van der Waals surface area contributed by atoms with Crippen molar-refractivity contribution in [3.8, 4) is 5.75 Å². The second-order valence-electron chi connectivity index (χ2n) is 9.20. The number of benzene rings is 2. The fraction of sp³-hybridized carbons (Fsp3) is 0.500. The molecule has 6 nitrogen and oxygen atoms in total. The molecule has 7 heteroatoms. The molecule has 2 aromatic carbocycles. The third-order valence-electron chi connectivity index (χ3n) is 6.83. The first-order valence-electron chi connectivity index (χ1n) is 11.7. The van der Waals surface area contributed by atoms with Crippen molar-refractivity contribution in [2.75, 3.05) is 57.2 Å². The van der Waals surface area contributed by atoms with E-state index in [0.29, 0.717) is 42.6 Å². The molecular formula is C26H34FN3O3. The Morgan fingerprint density at radius 2 is 2.00 bits per heavy atom. The van der Waals surface area contributed by atoms with Crippen LogP contribution in [0.5, 0.6) is 5.75 Å². The maximum Gasteiger partial charge on any atom is 0.258 e. The Morgan fingerprint density at radius 1 is 1.18 bits per heavy atom. The summed E-state index contributed by atoms with van der Waals surface area (Å²) < 4.78 is 26.1. The highest BCUT2D eigenvalue weighted by molar-refractivity contribution is 6.08. The molecule has 0 aliphatic carbocycles. The Morgan fingerprint density at radius 3 is 2.70 bits per heavy atom. The Hall–Kier alpha value is -2.64. The van der Waals surface area contributed by atoms with Gasteiger partial charge >= 0.3 is 0 Å². The van der Waals surface area contributed by atoms with E-state index < -0.39 is 0 Å². The van der Waals surface area contributed by atoms with Crippen molar-refractivity contribution < 1.29 is 18.7 Å². The molecule has 0 radical (unpaired) electrons. The van der Waals surface area contributed by atoms with E-state index in [0.717, 1.165) is 37.2 Å². The van der Waals surface area contributed by atoms with Crippen LogP contribution in [0.2, 0.25) is 0 Å². The molecule has 1 saturated heterocycles. The standard InChI is InChI=1S/C26H34FN3O3/c1-18(32-4)11-14-33-22-6-7-23-19(15-22)9-13-30(26(23)31)20-5-8-25(24(27)16-20)29-12-10-21(17-29)28(2)3/h5-8,15-16,18,21H,9-14,17H2,1-4H3. The van der Waals surface area contributed by atoms with Crippen molar-refractivity contribution in [3.05, 3.63) is 53.3 Å². The summed E-state index contributed by atoms with van der Waals surface area (Å²) in [6.45, 7) is 4.73. The maximum absolute atomic E-state index is 15.0. The van der Waals surface area contributed by atoms with Crippen LogP contribution in [0.3, 0.4) is 0 Å². The Kier molecular flexibility index (Phi) is 7.20. The molecule has 2 aliphatic heterocycles. The molecule has 2 atom stereocenters. The summed E-state index contributed by atoms with van der Waals surface area (Å²) in [5, 5.41) is 0. The van der Waals surface area contributed by atoms with Crippen LogP contribution in [-0.4, -0.2) is 70.4 Å². The molecule has 1 amide bonds. The molecule has 2 aromatic rings. The van der Waals surface area contributed by atoms with E-state index >= 15 is 4.39 Å². The van der Waals surface area contributed by atoms with E-state index in [2.05, 4.69) is 23.9 Å². The van der Waals surface area contributed by atoms with Gasteiger partial charge in [0.25, 0.3) is 5.91 Å². The average Bonchev–Trinajstić information content (AvgIpc) is 3.29. The summed E-state index contributed by atoms with van der Waals surface area (Å²) in [6, 6.07) is 11.2. The molecule has 0 aromatic heterocycles. The second kappa shape index (κ2) is 10.1. The lowest BCUT2D eigenvalue weighted by molar-refractivity contribution is 0.0955. The van der Waals surface area contributed by atoms with Gasteiger partial charge in [-0.05, 0) is 75.8 Å². The van der Waals surface area contributed by atoms with Gasteiger partial charge in [0.2, 0.25) is 0 Å². The van der Waals surface area contributed by atoms with Gasteiger partial charge in [-0.1, -0.05) is 0 Å². The van der Waals surface area contributed by atoms with Crippen LogP contribution >= 0.6 is 0 Å². The molecule has 4 rings (SSSR count). The third kappa shape index (κ3) is 5.14. The predicted octanol–water partition coefficient (Wildman–Crippen LogP) is 3.97. The van der Waals surface area contributed by atoms with Crippen LogP contribution in [0.15, 0.2) is 36.4 Å². The average molecular weight is 456 g/mol. The van der Waals surface area contributed by atoms with Gasteiger partial charge in [0.15, 0.2) is 0 Å². The summed E-state index contributed by atoms with van der Waals surface area (Å²) in [5.74, 6) is 0.381. The number of rotatable bonds is 8. The first-order chi connectivity index (χ1) is 15.9. The van der Waals surface area contributed by atoms with E-state index in [9.17, 15) is 4.79 Å². The van der Waals surface area contributed by atoms with Gasteiger partial charge in [-0.2, -0.15) is 0 Å². The van der Waals surface area contributed by atoms with Gasteiger partial charge in [-0.15, -0.1) is 0 Å². The van der Waals surface area contributed by atoms with Gasteiger partial charge in [0.1, 0.15) is 11.6 Å². The zero-order valence-electron chi connectivity index (χ0n) is 20.0. The maximum atomic E-state index is 15.0. The summed E-state index contributed by atoms with van der Waals surface area (Å²) in [6.07, 6.45) is 2.67. The predicted molar refractivity (Wildman–Crippen MR) is 129 cm³/mol. The van der Waals surface area contributed by atoms with Gasteiger partial charge in [-0.3, -0.25) is 4.79 Å². The molecule has 0 N–H and O–H groups in total. The van der Waals surface area contributed by atoms with Crippen molar-refractivity contribution >= 4 is 17.3 Å².